The maximum absolute atomic E-state index is 2.47. The van der Waals surface area contributed by atoms with Gasteiger partial charge in [0.15, 0.2) is 0 Å². The van der Waals surface area contributed by atoms with Crippen LogP contribution >= 0.6 is 22.7 Å². The fraction of sp³-hybridized carbons (Fsp3) is 0.0137. The van der Waals surface area contributed by atoms with Crippen molar-refractivity contribution in [2.45, 2.75) is 5.41 Å². The molecule has 0 saturated heterocycles. The number of hydrogen-bond acceptors (Lipinski definition) is 3. The van der Waals surface area contributed by atoms with Crippen LogP contribution in [-0.2, 0) is 5.41 Å². The molecule has 3 heteroatoms. The molecule has 0 radical (unpaired) electrons. The topological polar surface area (TPSA) is 3.24 Å². The van der Waals surface area contributed by atoms with Gasteiger partial charge in [-0.3, -0.25) is 0 Å². The van der Waals surface area contributed by atoms with Gasteiger partial charge in [-0.05, 0) is 133 Å². The Morgan fingerprint density at radius 2 is 0.737 bits per heavy atom. The van der Waals surface area contributed by atoms with Crippen LogP contribution in [0.3, 0.4) is 0 Å². The summed E-state index contributed by atoms with van der Waals surface area (Å²) < 4.78 is 5.30. The lowest BCUT2D eigenvalue weighted by atomic mass is 9.68. The predicted octanol–water partition coefficient (Wildman–Crippen LogP) is 20.9. The summed E-state index contributed by atoms with van der Waals surface area (Å²) in [5.74, 6) is 0. The van der Waals surface area contributed by atoms with E-state index >= 15 is 0 Å². The van der Waals surface area contributed by atoms with Crippen LogP contribution in [0.25, 0.3) is 96.0 Å². The molecule has 0 unspecified atom stereocenters. The van der Waals surface area contributed by atoms with Crippen molar-refractivity contribution in [3.63, 3.8) is 0 Å². The van der Waals surface area contributed by atoms with E-state index in [2.05, 4.69) is 290 Å². The van der Waals surface area contributed by atoms with Gasteiger partial charge in [0.1, 0.15) is 0 Å². The Balaban J connectivity index is 0.845. The maximum atomic E-state index is 2.47. The molecule has 0 fully saturated rings. The van der Waals surface area contributed by atoms with Gasteiger partial charge in [-0.1, -0.05) is 224 Å². The number of thiophene rings is 2. The fourth-order valence-electron chi connectivity index (χ4n) is 12.3. The van der Waals surface area contributed by atoms with Gasteiger partial charge in [-0.15, -0.1) is 22.7 Å². The van der Waals surface area contributed by atoms with Gasteiger partial charge in [0.25, 0.3) is 0 Å². The van der Waals surface area contributed by atoms with Gasteiger partial charge in [0, 0.05) is 57.3 Å². The van der Waals surface area contributed by atoms with Crippen molar-refractivity contribution in [3.8, 4) is 55.6 Å². The molecule has 0 bridgehead atoms. The summed E-state index contributed by atoms with van der Waals surface area (Å²) in [5, 5.41) is 5.28. The lowest BCUT2D eigenvalue weighted by Crippen LogP contribution is -2.28. The Bertz CT molecular complexity index is 4450. The highest BCUT2D eigenvalue weighted by molar-refractivity contribution is 7.26. The molecule has 14 aromatic rings. The van der Waals surface area contributed by atoms with E-state index in [-0.39, 0.29) is 0 Å². The van der Waals surface area contributed by atoms with Crippen LogP contribution in [0.2, 0.25) is 0 Å². The number of rotatable bonds is 9. The van der Waals surface area contributed by atoms with Crippen LogP contribution in [0, 0.1) is 0 Å². The lowest BCUT2D eigenvalue weighted by Gasteiger charge is -2.34. The Labute approximate surface area is 450 Å². The van der Waals surface area contributed by atoms with Crippen molar-refractivity contribution >= 4 is 80.1 Å². The smallest absolute Gasteiger partial charge is 0.0714 e. The average Bonchev–Trinajstić information content (AvgIpc) is 4.17. The second-order valence-electron chi connectivity index (χ2n) is 19.9. The van der Waals surface area contributed by atoms with E-state index in [0.29, 0.717) is 0 Å². The minimum absolute atomic E-state index is 0.523. The van der Waals surface area contributed by atoms with E-state index in [1.807, 2.05) is 22.7 Å². The highest BCUT2D eigenvalue weighted by Gasteiger charge is 2.47. The van der Waals surface area contributed by atoms with E-state index in [0.717, 1.165) is 17.1 Å². The first-order chi connectivity index (χ1) is 37.7. The van der Waals surface area contributed by atoms with Crippen molar-refractivity contribution in [1.82, 2.24) is 0 Å². The molecule has 0 amide bonds. The molecule has 15 rings (SSSR count). The molecular formula is C73H47NS2. The standard InChI is InChI=1S/C73H47NS2/c1-3-18-55(19-4-1)73(56-20-5-2-6-21-56)65-27-10-7-24-63(65)71-66(73)28-15-29-67(71)74(57-41-36-49(37-42-57)48-32-34-50(35-33-48)53-40-45-70-64(47-53)61-23-9-11-30-68(61)75-70)58-43-38-51(39-44-58)52-16-13-17-54(46-52)59-25-14-26-62-60-22-8-12-31-69(60)76-72(59)62/h1-47H. The molecule has 12 aromatic carbocycles. The van der Waals surface area contributed by atoms with Crippen LogP contribution in [0.5, 0.6) is 0 Å². The first kappa shape index (κ1) is 44.4. The highest BCUT2D eigenvalue weighted by Crippen LogP contribution is 2.59. The number of benzene rings is 12. The quantitative estimate of drug-likeness (QED) is 0.139. The average molecular weight is 1000 g/mol. The zero-order valence-corrected chi connectivity index (χ0v) is 43.0. The Hall–Kier alpha value is -9.12. The van der Waals surface area contributed by atoms with E-state index in [1.54, 1.807) is 0 Å². The normalized spacial score (nSPS) is 12.6. The van der Waals surface area contributed by atoms with Gasteiger partial charge in [0.05, 0.1) is 11.1 Å². The van der Waals surface area contributed by atoms with E-state index in [4.69, 9.17) is 0 Å². The summed E-state index contributed by atoms with van der Waals surface area (Å²) in [6.45, 7) is 0. The van der Waals surface area contributed by atoms with Gasteiger partial charge in [-0.25, -0.2) is 0 Å². The van der Waals surface area contributed by atoms with Gasteiger partial charge >= 0.3 is 0 Å². The molecule has 0 spiro atoms. The summed E-state index contributed by atoms with van der Waals surface area (Å²) in [6, 6.07) is 106. The highest BCUT2D eigenvalue weighted by atomic mass is 32.1. The minimum atomic E-state index is -0.523. The van der Waals surface area contributed by atoms with E-state index in [1.165, 1.54) is 118 Å². The molecule has 0 atom stereocenters. The molecule has 76 heavy (non-hydrogen) atoms. The summed E-state index contributed by atoms with van der Waals surface area (Å²) in [4.78, 5) is 2.47. The number of nitrogens with zero attached hydrogens (tertiary/aromatic N) is 1. The molecular weight excluding hydrogens is 955 g/mol. The van der Waals surface area contributed by atoms with Crippen molar-refractivity contribution in [2.75, 3.05) is 4.90 Å². The summed E-state index contributed by atoms with van der Waals surface area (Å²) in [5.41, 5.74) is 20.0. The number of anilines is 3. The predicted molar refractivity (Wildman–Crippen MR) is 326 cm³/mol. The van der Waals surface area contributed by atoms with E-state index < -0.39 is 5.41 Å². The summed E-state index contributed by atoms with van der Waals surface area (Å²) in [7, 11) is 0. The Morgan fingerprint density at radius 1 is 0.276 bits per heavy atom. The van der Waals surface area contributed by atoms with Crippen LogP contribution in [0.15, 0.2) is 285 Å². The molecule has 0 aliphatic heterocycles. The van der Waals surface area contributed by atoms with Gasteiger partial charge in [-0.2, -0.15) is 0 Å². The molecule has 0 saturated carbocycles. The van der Waals surface area contributed by atoms with Crippen molar-refractivity contribution in [2.24, 2.45) is 0 Å². The second kappa shape index (κ2) is 18.1. The third-order valence-electron chi connectivity index (χ3n) is 15.8. The first-order valence-corrected chi connectivity index (χ1v) is 27.7. The zero-order valence-electron chi connectivity index (χ0n) is 41.4. The Kier molecular flexibility index (Phi) is 10.6. The van der Waals surface area contributed by atoms with Crippen molar-refractivity contribution in [1.29, 1.82) is 0 Å². The monoisotopic (exact) mass is 1000 g/mol. The molecule has 2 heterocycles. The largest absolute Gasteiger partial charge is 0.310 e. The third kappa shape index (κ3) is 7.12. The van der Waals surface area contributed by atoms with Gasteiger partial charge in [0.2, 0.25) is 0 Å². The van der Waals surface area contributed by atoms with Crippen LogP contribution in [-0.4, -0.2) is 0 Å². The van der Waals surface area contributed by atoms with Crippen molar-refractivity contribution < 1.29 is 0 Å². The minimum Gasteiger partial charge on any atom is -0.310 e. The van der Waals surface area contributed by atoms with Crippen LogP contribution < -0.4 is 4.90 Å². The Morgan fingerprint density at radius 3 is 1.42 bits per heavy atom. The molecule has 1 nitrogen and oxygen atoms in total. The van der Waals surface area contributed by atoms with Crippen LogP contribution in [0.4, 0.5) is 17.1 Å². The van der Waals surface area contributed by atoms with Crippen LogP contribution in [0.1, 0.15) is 22.3 Å². The maximum Gasteiger partial charge on any atom is 0.0714 e. The fourth-order valence-corrected chi connectivity index (χ4v) is 14.6. The summed E-state index contributed by atoms with van der Waals surface area (Å²) >= 11 is 3.74. The third-order valence-corrected chi connectivity index (χ3v) is 18.2. The second-order valence-corrected chi connectivity index (χ2v) is 22.0. The number of fused-ring (bicyclic) bond motifs is 9. The molecule has 2 aromatic heterocycles. The molecule has 1 aliphatic rings. The zero-order chi connectivity index (χ0) is 50.2. The molecule has 0 N–H and O–H groups in total. The number of hydrogen-bond donors (Lipinski definition) is 0. The van der Waals surface area contributed by atoms with Gasteiger partial charge < -0.3 is 4.90 Å². The SMILES string of the molecule is c1ccc(C2(c3ccccc3)c3ccccc3-c3c(N(c4ccc(-c5ccc(-c6ccc7sc8ccccc8c7c6)cc5)cc4)c4ccc(-c5cccc(-c6cccc7c6sc6ccccc67)c5)cc4)cccc32)cc1. The molecule has 1 aliphatic carbocycles. The lowest BCUT2D eigenvalue weighted by molar-refractivity contribution is 0.768. The molecule has 356 valence electrons. The van der Waals surface area contributed by atoms with E-state index in [9.17, 15) is 0 Å². The summed E-state index contributed by atoms with van der Waals surface area (Å²) in [6.07, 6.45) is 0. The van der Waals surface area contributed by atoms with Crippen molar-refractivity contribution in [3.05, 3.63) is 307 Å². The first-order valence-electron chi connectivity index (χ1n) is 26.1.